The van der Waals surface area contributed by atoms with Crippen LogP contribution < -0.4 is 15.2 Å². The Morgan fingerprint density at radius 2 is 1.34 bits per heavy atom. The lowest BCUT2D eigenvalue weighted by Crippen LogP contribution is -2.34. The molecule has 0 radical (unpaired) electrons. The van der Waals surface area contributed by atoms with E-state index in [1.54, 1.807) is 6.92 Å². The first kappa shape index (κ1) is 30.0. The summed E-state index contributed by atoms with van der Waals surface area (Å²) in [6.45, 7) is 10.8. The molecule has 0 aliphatic rings. The highest BCUT2D eigenvalue weighted by molar-refractivity contribution is 5.81. The van der Waals surface area contributed by atoms with Crippen LogP contribution in [0.2, 0.25) is 0 Å². The molecule has 0 fully saturated rings. The van der Waals surface area contributed by atoms with Gasteiger partial charge in [-0.05, 0) is 56.9 Å². The normalized spacial score (nSPS) is 11.9. The third-order valence-corrected chi connectivity index (χ3v) is 7.27. The standard InChI is InChI=1S/C36H42N2O3/c1-26-10-7-13-30(20-26)24-40-35-17-6-5-15-32(35)22-38(19-18-34(37)29(4)39)23-33-16-9-12-28(3)36(33)41-25-31-14-8-11-27(2)21-31/h5-17,20-21,34H,18-19,22-25,37H2,1-4H3/t34-/m0/s1. The van der Waals surface area contributed by atoms with Crippen molar-refractivity contribution < 1.29 is 14.3 Å². The summed E-state index contributed by atoms with van der Waals surface area (Å²) in [7, 11) is 0. The van der Waals surface area contributed by atoms with Crippen LogP contribution in [-0.2, 0) is 31.1 Å². The maximum Gasteiger partial charge on any atom is 0.146 e. The molecule has 0 aliphatic carbocycles. The van der Waals surface area contributed by atoms with Gasteiger partial charge < -0.3 is 15.2 Å². The summed E-state index contributed by atoms with van der Waals surface area (Å²) in [5, 5.41) is 0. The number of ketones is 1. The van der Waals surface area contributed by atoms with Gasteiger partial charge in [-0.3, -0.25) is 9.69 Å². The molecule has 5 nitrogen and oxygen atoms in total. The Hall–Kier alpha value is -3.93. The first-order valence-corrected chi connectivity index (χ1v) is 14.3. The molecule has 0 saturated heterocycles. The van der Waals surface area contributed by atoms with E-state index in [0.29, 0.717) is 39.3 Å². The van der Waals surface area contributed by atoms with Crippen LogP contribution in [0.25, 0.3) is 0 Å². The number of benzene rings is 4. The molecule has 41 heavy (non-hydrogen) atoms. The Kier molecular flexibility index (Phi) is 10.7. The number of nitrogens with zero attached hydrogens (tertiary/aromatic N) is 1. The smallest absolute Gasteiger partial charge is 0.146 e. The number of nitrogens with two attached hydrogens (primary N) is 1. The Balaban J connectivity index is 1.54. The summed E-state index contributed by atoms with van der Waals surface area (Å²) in [4.78, 5) is 14.3. The maximum atomic E-state index is 11.9. The van der Waals surface area contributed by atoms with Gasteiger partial charge in [-0.15, -0.1) is 0 Å². The van der Waals surface area contributed by atoms with E-state index in [4.69, 9.17) is 15.2 Å². The van der Waals surface area contributed by atoms with Crippen molar-refractivity contribution in [1.29, 1.82) is 0 Å². The van der Waals surface area contributed by atoms with Crippen LogP contribution >= 0.6 is 0 Å². The first-order valence-electron chi connectivity index (χ1n) is 14.3. The van der Waals surface area contributed by atoms with Crippen molar-refractivity contribution in [1.82, 2.24) is 4.90 Å². The van der Waals surface area contributed by atoms with E-state index in [0.717, 1.165) is 39.3 Å². The molecule has 0 aliphatic heterocycles. The van der Waals surface area contributed by atoms with Crippen LogP contribution in [0.5, 0.6) is 11.5 Å². The van der Waals surface area contributed by atoms with E-state index >= 15 is 0 Å². The minimum absolute atomic E-state index is 0.00423. The number of ether oxygens (including phenoxy) is 2. The van der Waals surface area contributed by atoms with Gasteiger partial charge in [0.1, 0.15) is 30.5 Å². The average molecular weight is 551 g/mol. The average Bonchev–Trinajstić information content (AvgIpc) is 2.95. The minimum atomic E-state index is -0.486. The number of hydrogen-bond acceptors (Lipinski definition) is 5. The topological polar surface area (TPSA) is 64.8 Å². The number of carbonyl (C=O) groups excluding carboxylic acids is 1. The van der Waals surface area contributed by atoms with Gasteiger partial charge in [-0.25, -0.2) is 0 Å². The van der Waals surface area contributed by atoms with Crippen molar-refractivity contribution >= 4 is 5.78 Å². The van der Waals surface area contributed by atoms with Crippen molar-refractivity contribution in [3.63, 3.8) is 0 Å². The van der Waals surface area contributed by atoms with Crippen LogP contribution in [0.1, 0.15) is 52.3 Å². The van der Waals surface area contributed by atoms with E-state index in [2.05, 4.69) is 98.5 Å². The molecule has 0 heterocycles. The summed E-state index contributed by atoms with van der Waals surface area (Å²) in [6, 6.07) is 30.7. The van der Waals surface area contributed by atoms with Gasteiger partial charge in [-0.2, -0.15) is 0 Å². The van der Waals surface area contributed by atoms with Crippen molar-refractivity contribution in [3.05, 3.63) is 130 Å². The van der Waals surface area contributed by atoms with E-state index in [1.807, 2.05) is 18.2 Å². The molecule has 0 aromatic heterocycles. The van der Waals surface area contributed by atoms with E-state index in [1.165, 1.54) is 11.1 Å². The largest absolute Gasteiger partial charge is 0.489 e. The Labute approximate surface area is 244 Å². The number of Topliss-reactive ketones (excluding diaryl/α,β-unsaturated/α-hetero) is 1. The number of carbonyl (C=O) groups is 1. The second-order valence-electron chi connectivity index (χ2n) is 10.9. The number of hydrogen-bond donors (Lipinski definition) is 1. The van der Waals surface area contributed by atoms with Crippen LogP contribution in [0.15, 0.2) is 91.0 Å². The predicted octanol–water partition coefficient (Wildman–Crippen LogP) is 7.08. The molecule has 5 heteroatoms. The second-order valence-corrected chi connectivity index (χ2v) is 10.9. The molecular formula is C36H42N2O3. The molecule has 0 amide bonds. The fraction of sp³-hybridized carbons (Fsp3) is 0.306. The fourth-order valence-electron chi connectivity index (χ4n) is 4.96. The quantitative estimate of drug-likeness (QED) is 0.182. The zero-order chi connectivity index (χ0) is 29.2. The van der Waals surface area contributed by atoms with Gasteiger partial charge in [0.25, 0.3) is 0 Å². The second kappa shape index (κ2) is 14.6. The van der Waals surface area contributed by atoms with Gasteiger partial charge in [-0.1, -0.05) is 96.1 Å². The number of para-hydroxylation sites is 2. The number of rotatable bonds is 14. The molecule has 4 rings (SSSR count). The third kappa shape index (κ3) is 9.04. The van der Waals surface area contributed by atoms with Crippen molar-refractivity contribution in [3.8, 4) is 11.5 Å². The Morgan fingerprint density at radius 3 is 2.00 bits per heavy atom. The zero-order valence-corrected chi connectivity index (χ0v) is 24.7. The molecule has 0 saturated carbocycles. The highest BCUT2D eigenvalue weighted by Crippen LogP contribution is 2.28. The van der Waals surface area contributed by atoms with Gasteiger partial charge in [0.05, 0.1) is 6.04 Å². The molecule has 1 atom stereocenters. The van der Waals surface area contributed by atoms with Crippen LogP contribution in [0.4, 0.5) is 0 Å². The SMILES string of the molecule is CC(=O)[C@@H](N)CCN(Cc1ccccc1OCc1cccc(C)c1)Cc1cccc(C)c1OCc1cccc(C)c1. The summed E-state index contributed by atoms with van der Waals surface area (Å²) < 4.78 is 12.7. The van der Waals surface area contributed by atoms with Crippen LogP contribution in [0, 0.1) is 20.8 Å². The summed E-state index contributed by atoms with van der Waals surface area (Å²) in [5.41, 5.74) is 14.2. The van der Waals surface area contributed by atoms with Crippen molar-refractivity contribution in [2.75, 3.05) is 6.54 Å². The Bertz CT molecular complexity index is 1450. The minimum Gasteiger partial charge on any atom is -0.489 e. The van der Waals surface area contributed by atoms with Crippen molar-refractivity contribution in [2.45, 2.75) is 66.5 Å². The van der Waals surface area contributed by atoms with E-state index in [9.17, 15) is 4.79 Å². The predicted molar refractivity (Wildman–Crippen MR) is 166 cm³/mol. The fourth-order valence-corrected chi connectivity index (χ4v) is 4.96. The van der Waals surface area contributed by atoms with Gasteiger partial charge in [0.2, 0.25) is 0 Å². The van der Waals surface area contributed by atoms with Gasteiger partial charge in [0, 0.05) is 30.8 Å². The molecule has 214 valence electrons. The Morgan fingerprint density at radius 1 is 0.756 bits per heavy atom. The molecular weight excluding hydrogens is 508 g/mol. The molecule has 0 spiro atoms. The van der Waals surface area contributed by atoms with Crippen molar-refractivity contribution in [2.24, 2.45) is 5.73 Å². The van der Waals surface area contributed by atoms with Crippen LogP contribution in [0.3, 0.4) is 0 Å². The molecule has 0 unspecified atom stereocenters. The summed E-state index contributed by atoms with van der Waals surface area (Å²) in [6.07, 6.45) is 0.576. The summed E-state index contributed by atoms with van der Waals surface area (Å²) in [5.74, 6) is 1.76. The molecule has 2 N–H and O–H groups in total. The van der Waals surface area contributed by atoms with E-state index < -0.39 is 6.04 Å². The lowest BCUT2D eigenvalue weighted by molar-refractivity contribution is -0.118. The first-order chi connectivity index (χ1) is 19.8. The van der Waals surface area contributed by atoms with E-state index in [-0.39, 0.29) is 5.78 Å². The van der Waals surface area contributed by atoms with Gasteiger partial charge in [0.15, 0.2) is 0 Å². The monoisotopic (exact) mass is 550 g/mol. The summed E-state index contributed by atoms with van der Waals surface area (Å²) >= 11 is 0. The highest BCUT2D eigenvalue weighted by atomic mass is 16.5. The lowest BCUT2D eigenvalue weighted by Gasteiger charge is -2.26. The number of aryl methyl sites for hydroxylation is 3. The van der Waals surface area contributed by atoms with Gasteiger partial charge >= 0.3 is 0 Å². The lowest BCUT2D eigenvalue weighted by atomic mass is 10.1. The van der Waals surface area contributed by atoms with Crippen LogP contribution in [-0.4, -0.2) is 23.3 Å². The highest BCUT2D eigenvalue weighted by Gasteiger charge is 2.17. The molecule has 0 bridgehead atoms. The third-order valence-electron chi connectivity index (χ3n) is 7.27. The zero-order valence-electron chi connectivity index (χ0n) is 24.7. The maximum absolute atomic E-state index is 11.9. The molecule has 4 aromatic carbocycles. The molecule has 4 aromatic rings.